The average molecular weight is 279 g/mol. The van der Waals surface area contributed by atoms with E-state index in [1.807, 2.05) is 0 Å². The summed E-state index contributed by atoms with van der Waals surface area (Å²) in [6.45, 7) is 1.29. The van der Waals surface area contributed by atoms with Gasteiger partial charge in [0.25, 0.3) is 14.7 Å². The zero-order chi connectivity index (χ0) is 13.4. The predicted molar refractivity (Wildman–Crippen MR) is 59.4 cm³/mol. The number of halogens is 1. The normalized spacial score (nSPS) is 11.2. The lowest BCUT2D eigenvalue weighted by atomic mass is 10.1. The first kappa shape index (κ1) is 13.4. The second kappa shape index (κ2) is 4.30. The van der Waals surface area contributed by atoms with Crippen LogP contribution in [0.4, 0.5) is 5.69 Å². The van der Waals surface area contributed by atoms with Gasteiger partial charge in [-0.25, -0.2) is 8.42 Å². The van der Waals surface area contributed by atoms with Crippen LogP contribution in [0.25, 0.3) is 0 Å². The summed E-state index contributed by atoms with van der Waals surface area (Å²) in [5, 5.41) is 10.7. The van der Waals surface area contributed by atoms with Crippen molar-refractivity contribution in [3.05, 3.63) is 33.4 Å². The second-order valence-electron chi connectivity index (χ2n) is 3.17. The highest BCUT2D eigenvalue weighted by atomic mass is 35.7. The minimum atomic E-state index is -4.17. The van der Waals surface area contributed by atoms with Gasteiger partial charge in [-0.3, -0.25) is 14.9 Å². The van der Waals surface area contributed by atoms with Gasteiger partial charge in [0, 0.05) is 22.3 Å². The van der Waals surface area contributed by atoms with Crippen molar-refractivity contribution in [2.75, 3.05) is 0 Å². The molecule has 0 aliphatic heterocycles. The Kier molecular flexibility index (Phi) is 3.39. The summed E-state index contributed by atoms with van der Waals surface area (Å²) in [4.78, 5) is 20.4. The Morgan fingerprint density at radius 1 is 1.47 bits per heavy atom. The fourth-order valence-electron chi connectivity index (χ4n) is 1.26. The topological polar surface area (TPSA) is 120 Å². The van der Waals surface area contributed by atoms with E-state index in [-0.39, 0.29) is 11.1 Å². The van der Waals surface area contributed by atoms with Crippen molar-refractivity contribution in [3.63, 3.8) is 0 Å². The molecule has 0 aliphatic carbocycles. The third-order valence-corrected chi connectivity index (χ3v) is 3.43. The Morgan fingerprint density at radius 2 is 2.00 bits per heavy atom. The Bertz CT molecular complexity index is 575. The minimum Gasteiger partial charge on any atom is -0.366 e. The van der Waals surface area contributed by atoms with Crippen LogP contribution in [0.2, 0.25) is 0 Å². The smallest absolute Gasteiger partial charge is 0.274 e. The number of nitro benzene ring substituents is 1. The molecule has 1 rings (SSSR count). The van der Waals surface area contributed by atoms with Crippen molar-refractivity contribution in [2.45, 2.75) is 11.8 Å². The van der Waals surface area contributed by atoms with Crippen molar-refractivity contribution in [3.8, 4) is 0 Å². The molecule has 0 aliphatic rings. The van der Waals surface area contributed by atoms with E-state index in [1.165, 1.54) is 6.92 Å². The number of nitro groups is 1. The van der Waals surface area contributed by atoms with Crippen LogP contribution in [0, 0.1) is 17.0 Å². The highest BCUT2D eigenvalue weighted by molar-refractivity contribution is 8.13. The number of nitrogens with two attached hydrogens (primary N) is 1. The zero-order valence-corrected chi connectivity index (χ0v) is 10.1. The highest BCUT2D eigenvalue weighted by Crippen LogP contribution is 2.27. The third kappa shape index (κ3) is 2.71. The van der Waals surface area contributed by atoms with Crippen LogP contribution in [0.5, 0.6) is 0 Å². The van der Waals surface area contributed by atoms with Crippen LogP contribution < -0.4 is 5.73 Å². The number of rotatable bonds is 3. The molecule has 17 heavy (non-hydrogen) atoms. The number of benzene rings is 1. The van der Waals surface area contributed by atoms with Crippen LogP contribution in [-0.4, -0.2) is 19.2 Å². The van der Waals surface area contributed by atoms with Crippen LogP contribution in [-0.2, 0) is 9.05 Å². The summed E-state index contributed by atoms with van der Waals surface area (Å²) in [6, 6.07) is 1.69. The van der Waals surface area contributed by atoms with E-state index in [1.54, 1.807) is 0 Å². The van der Waals surface area contributed by atoms with Gasteiger partial charge in [0.05, 0.1) is 15.4 Å². The Morgan fingerprint density at radius 3 is 2.35 bits per heavy atom. The molecule has 0 fully saturated rings. The largest absolute Gasteiger partial charge is 0.366 e. The molecule has 7 nitrogen and oxygen atoms in total. The first-order valence-corrected chi connectivity index (χ1v) is 6.49. The van der Waals surface area contributed by atoms with Gasteiger partial charge in [-0.1, -0.05) is 0 Å². The quantitative estimate of drug-likeness (QED) is 0.501. The van der Waals surface area contributed by atoms with Crippen LogP contribution in [0.15, 0.2) is 17.0 Å². The summed E-state index contributed by atoms with van der Waals surface area (Å²) in [6.07, 6.45) is 0. The van der Waals surface area contributed by atoms with Crippen molar-refractivity contribution >= 4 is 31.3 Å². The summed E-state index contributed by atoms with van der Waals surface area (Å²) in [7, 11) is 0.890. The predicted octanol–water partition coefficient (Wildman–Crippen LogP) is 0.930. The van der Waals surface area contributed by atoms with Crippen molar-refractivity contribution in [2.24, 2.45) is 5.73 Å². The molecule has 92 valence electrons. The van der Waals surface area contributed by atoms with E-state index < -0.39 is 30.5 Å². The van der Waals surface area contributed by atoms with Gasteiger partial charge in [0.1, 0.15) is 0 Å². The summed E-state index contributed by atoms with van der Waals surface area (Å²) in [5.74, 6) is -0.965. The van der Waals surface area contributed by atoms with Gasteiger partial charge >= 0.3 is 0 Å². The summed E-state index contributed by atoms with van der Waals surface area (Å²) in [5.41, 5.74) is 4.21. The molecule has 2 N–H and O–H groups in total. The van der Waals surface area contributed by atoms with E-state index in [9.17, 15) is 23.3 Å². The molecule has 1 aromatic carbocycles. The molecule has 0 spiro atoms. The fourth-order valence-corrected chi connectivity index (χ4v) is 2.04. The summed E-state index contributed by atoms with van der Waals surface area (Å²) >= 11 is 0. The molecule has 0 bridgehead atoms. The third-order valence-electron chi connectivity index (χ3n) is 2.10. The van der Waals surface area contributed by atoms with E-state index in [2.05, 4.69) is 0 Å². The molecule has 0 atom stereocenters. The number of carbonyl (C=O) groups excluding carboxylic acids is 1. The lowest BCUT2D eigenvalue weighted by molar-refractivity contribution is -0.385. The van der Waals surface area contributed by atoms with Crippen molar-refractivity contribution in [1.82, 2.24) is 0 Å². The standard InChI is InChI=1S/C8H7ClN2O5S/c1-4-6(8(10)12)2-5(17(9,15)16)3-7(4)11(13)14/h2-3H,1H3,(H2,10,12). The average Bonchev–Trinajstić information content (AvgIpc) is 2.14. The van der Waals surface area contributed by atoms with Crippen molar-refractivity contribution in [1.29, 1.82) is 0 Å². The molecule has 0 saturated heterocycles. The number of nitrogens with zero attached hydrogens (tertiary/aromatic N) is 1. The zero-order valence-electron chi connectivity index (χ0n) is 8.51. The summed E-state index contributed by atoms with van der Waals surface area (Å²) < 4.78 is 22.2. The molecule has 0 radical (unpaired) electrons. The Labute approximate surface area is 101 Å². The van der Waals surface area contributed by atoms with E-state index in [0.29, 0.717) is 0 Å². The number of hydrogen-bond donors (Lipinski definition) is 1. The van der Waals surface area contributed by atoms with Gasteiger partial charge < -0.3 is 5.73 Å². The van der Waals surface area contributed by atoms with Gasteiger partial charge in [0.15, 0.2) is 0 Å². The molecular weight excluding hydrogens is 272 g/mol. The Balaban J connectivity index is 3.71. The van der Waals surface area contributed by atoms with E-state index in [4.69, 9.17) is 16.4 Å². The van der Waals surface area contributed by atoms with E-state index >= 15 is 0 Å². The first-order chi connectivity index (χ1) is 7.64. The molecule has 0 aromatic heterocycles. The van der Waals surface area contributed by atoms with Gasteiger partial charge in [-0.2, -0.15) is 0 Å². The first-order valence-electron chi connectivity index (χ1n) is 4.18. The molecule has 9 heteroatoms. The van der Waals surface area contributed by atoms with Crippen LogP contribution in [0.1, 0.15) is 15.9 Å². The lowest BCUT2D eigenvalue weighted by Crippen LogP contribution is -2.14. The second-order valence-corrected chi connectivity index (χ2v) is 5.74. The van der Waals surface area contributed by atoms with Gasteiger partial charge in [-0.05, 0) is 13.0 Å². The van der Waals surface area contributed by atoms with Crippen molar-refractivity contribution < 1.29 is 18.1 Å². The molecule has 0 saturated carbocycles. The van der Waals surface area contributed by atoms with E-state index in [0.717, 1.165) is 12.1 Å². The molecule has 0 unspecified atom stereocenters. The fraction of sp³-hybridized carbons (Fsp3) is 0.125. The maximum Gasteiger partial charge on any atom is 0.274 e. The molecular formula is C8H7ClN2O5S. The molecule has 1 aromatic rings. The van der Waals surface area contributed by atoms with Crippen LogP contribution >= 0.6 is 10.7 Å². The number of primary amides is 1. The molecule has 1 amide bonds. The van der Waals surface area contributed by atoms with Gasteiger partial charge in [0.2, 0.25) is 5.91 Å². The maximum atomic E-state index is 11.1. The number of amides is 1. The number of carbonyl (C=O) groups is 1. The molecule has 0 heterocycles. The lowest BCUT2D eigenvalue weighted by Gasteiger charge is -2.05. The monoisotopic (exact) mass is 278 g/mol. The SMILES string of the molecule is Cc1c(C(N)=O)cc(S(=O)(=O)Cl)cc1[N+](=O)[O-]. The van der Waals surface area contributed by atoms with Crippen LogP contribution in [0.3, 0.4) is 0 Å². The minimum absolute atomic E-state index is 0.00781. The Hall–Kier alpha value is -1.67. The maximum absolute atomic E-state index is 11.1. The van der Waals surface area contributed by atoms with Gasteiger partial charge in [-0.15, -0.1) is 0 Å². The number of hydrogen-bond acceptors (Lipinski definition) is 5. The highest BCUT2D eigenvalue weighted by Gasteiger charge is 2.23.